The molecule has 0 atom stereocenters. The monoisotopic (exact) mass is 453 g/mol. The molecule has 8 nitrogen and oxygen atoms in total. The van der Waals surface area contributed by atoms with E-state index in [1.807, 2.05) is 18.2 Å². The third-order valence-corrected chi connectivity index (χ3v) is 5.51. The van der Waals surface area contributed by atoms with E-state index >= 15 is 0 Å². The summed E-state index contributed by atoms with van der Waals surface area (Å²) < 4.78 is 11.2. The van der Waals surface area contributed by atoms with Gasteiger partial charge in [0.1, 0.15) is 16.5 Å². The van der Waals surface area contributed by atoms with Crippen molar-refractivity contribution in [1.29, 1.82) is 0 Å². The first-order valence-electron chi connectivity index (χ1n) is 10.3. The van der Waals surface area contributed by atoms with E-state index in [0.717, 1.165) is 12.8 Å². The van der Waals surface area contributed by atoms with E-state index in [0.29, 0.717) is 46.9 Å². The molecule has 1 aromatic carbocycles. The van der Waals surface area contributed by atoms with Gasteiger partial charge in [0, 0.05) is 43.7 Å². The van der Waals surface area contributed by atoms with Gasteiger partial charge in [-0.15, -0.1) is 0 Å². The highest BCUT2D eigenvalue weighted by atomic mass is 35.5. The number of carbonyl (C=O) groups excluding carboxylic acids is 1. The summed E-state index contributed by atoms with van der Waals surface area (Å²) in [5.41, 5.74) is 0.659. The molecular formula is C23H24ClN5O3. The van der Waals surface area contributed by atoms with Gasteiger partial charge in [0.05, 0.1) is 19.0 Å². The van der Waals surface area contributed by atoms with Gasteiger partial charge in [-0.05, 0) is 37.1 Å². The number of aromatic nitrogens is 2. The molecule has 2 amide bonds. The van der Waals surface area contributed by atoms with E-state index in [1.165, 1.54) is 0 Å². The number of hydrogen-bond donors (Lipinski definition) is 2. The number of methoxy groups -OCH3 is 1. The normalized spacial score (nSPS) is 14.0. The number of nitrogens with one attached hydrogen (secondary N) is 2. The summed E-state index contributed by atoms with van der Waals surface area (Å²) in [7, 11) is 1.61. The first kappa shape index (κ1) is 21.7. The second-order valence-corrected chi connectivity index (χ2v) is 7.71. The molecule has 9 heteroatoms. The molecular weight excluding hydrogens is 430 g/mol. The number of ether oxygens (including phenoxy) is 2. The molecule has 0 radical (unpaired) electrons. The third kappa shape index (κ3) is 5.39. The Bertz CT molecular complexity index is 1060. The minimum atomic E-state index is -0.235. The Hall–Kier alpha value is -3.52. The largest absolute Gasteiger partial charge is 0.497 e. The molecule has 0 saturated carbocycles. The third-order valence-electron chi connectivity index (χ3n) is 5.15. The van der Waals surface area contributed by atoms with Crippen LogP contribution in [-0.2, 0) is 0 Å². The molecule has 1 fully saturated rings. The number of halogens is 1. The smallest absolute Gasteiger partial charge is 0.319 e. The molecule has 0 unspecified atom stereocenters. The average molecular weight is 454 g/mol. The van der Waals surface area contributed by atoms with Crippen molar-refractivity contribution in [3.63, 3.8) is 0 Å². The van der Waals surface area contributed by atoms with E-state index in [1.54, 1.807) is 50.0 Å². The lowest BCUT2D eigenvalue weighted by molar-refractivity contribution is 0.246. The summed E-state index contributed by atoms with van der Waals surface area (Å²) >= 11 is 6.63. The van der Waals surface area contributed by atoms with Crippen LogP contribution in [0.25, 0.3) is 0 Å². The fourth-order valence-corrected chi connectivity index (χ4v) is 3.80. The van der Waals surface area contributed by atoms with Crippen molar-refractivity contribution in [2.45, 2.75) is 18.9 Å². The Morgan fingerprint density at radius 2 is 1.94 bits per heavy atom. The Morgan fingerprint density at radius 1 is 1.12 bits per heavy atom. The predicted molar refractivity (Wildman–Crippen MR) is 124 cm³/mol. The van der Waals surface area contributed by atoms with Crippen LogP contribution in [0.2, 0.25) is 5.02 Å². The number of pyridine rings is 2. The van der Waals surface area contributed by atoms with Crippen LogP contribution in [0.3, 0.4) is 0 Å². The molecule has 0 aliphatic carbocycles. The molecule has 2 N–H and O–H groups in total. The minimum absolute atomic E-state index is 0.0675. The summed E-state index contributed by atoms with van der Waals surface area (Å²) in [6.45, 7) is 1.43. The maximum absolute atomic E-state index is 12.2. The zero-order valence-corrected chi connectivity index (χ0v) is 18.4. The summed E-state index contributed by atoms with van der Waals surface area (Å²) in [6.07, 6.45) is 6.51. The van der Waals surface area contributed by atoms with Crippen LogP contribution in [0.4, 0.5) is 16.3 Å². The van der Waals surface area contributed by atoms with Gasteiger partial charge < -0.3 is 25.0 Å². The lowest BCUT2D eigenvalue weighted by Crippen LogP contribution is -2.46. The van der Waals surface area contributed by atoms with Crippen LogP contribution >= 0.6 is 11.6 Å². The number of amides is 2. The van der Waals surface area contributed by atoms with Crippen LogP contribution in [0.15, 0.2) is 61.1 Å². The van der Waals surface area contributed by atoms with E-state index < -0.39 is 0 Å². The van der Waals surface area contributed by atoms with Crippen molar-refractivity contribution in [2.75, 3.05) is 30.4 Å². The van der Waals surface area contributed by atoms with Gasteiger partial charge in [-0.25, -0.2) is 9.78 Å². The zero-order valence-electron chi connectivity index (χ0n) is 17.6. The fraction of sp³-hybridized carbons (Fsp3) is 0.261. The summed E-state index contributed by atoms with van der Waals surface area (Å²) in [5, 5.41) is 6.26. The minimum Gasteiger partial charge on any atom is -0.497 e. The van der Waals surface area contributed by atoms with Crippen LogP contribution < -0.4 is 25.0 Å². The maximum atomic E-state index is 12.2. The molecule has 2 aromatic heterocycles. The standard InChI is InChI=1S/C23H24ClN5O3/c1-31-18-5-2-6-19(14-18)32-20-7-11-26-22(21(20)24)29-12-8-16(9-13-29)27-23(30)28-17-4-3-10-25-15-17/h2-7,10-11,14-16H,8-9,12-13H2,1H3,(H2,27,28,30). The highest BCUT2D eigenvalue weighted by Crippen LogP contribution is 2.37. The number of carbonyl (C=O) groups is 1. The van der Waals surface area contributed by atoms with Crippen molar-refractivity contribution in [2.24, 2.45) is 0 Å². The van der Waals surface area contributed by atoms with E-state index in [4.69, 9.17) is 21.1 Å². The molecule has 1 aliphatic heterocycles. The predicted octanol–water partition coefficient (Wildman–Crippen LogP) is 4.72. The molecule has 1 aliphatic rings. The number of rotatable bonds is 6. The van der Waals surface area contributed by atoms with Crippen molar-refractivity contribution in [3.8, 4) is 17.2 Å². The van der Waals surface area contributed by atoms with Gasteiger partial charge in [0.25, 0.3) is 0 Å². The lowest BCUT2D eigenvalue weighted by atomic mass is 10.1. The molecule has 1 saturated heterocycles. The van der Waals surface area contributed by atoms with Crippen LogP contribution in [0, 0.1) is 0 Å². The Kier molecular flexibility index (Phi) is 6.91. The van der Waals surface area contributed by atoms with Crippen molar-refractivity contribution >= 4 is 29.1 Å². The van der Waals surface area contributed by atoms with Gasteiger partial charge in [-0.2, -0.15) is 0 Å². The Morgan fingerprint density at radius 3 is 2.69 bits per heavy atom. The number of hydrogen-bond acceptors (Lipinski definition) is 6. The van der Waals surface area contributed by atoms with Crippen molar-refractivity contribution in [3.05, 3.63) is 66.1 Å². The second-order valence-electron chi connectivity index (χ2n) is 7.33. The van der Waals surface area contributed by atoms with Gasteiger partial charge in [0.15, 0.2) is 11.6 Å². The quantitative estimate of drug-likeness (QED) is 0.561. The number of benzene rings is 1. The molecule has 4 rings (SSSR count). The van der Waals surface area contributed by atoms with E-state index in [-0.39, 0.29) is 12.1 Å². The second kappa shape index (κ2) is 10.2. The number of nitrogens with zero attached hydrogens (tertiary/aromatic N) is 3. The average Bonchev–Trinajstić information content (AvgIpc) is 2.82. The van der Waals surface area contributed by atoms with Gasteiger partial charge >= 0.3 is 6.03 Å². The topological polar surface area (TPSA) is 88.6 Å². The molecule has 0 bridgehead atoms. The zero-order chi connectivity index (χ0) is 22.3. The molecule has 32 heavy (non-hydrogen) atoms. The molecule has 3 aromatic rings. The molecule has 3 heterocycles. The number of urea groups is 1. The first-order valence-corrected chi connectivity index (χ1v) is 10.7. The summed E-state index contributed by atoms with van der Waals surface area (Å²) in [6, 6.07) is 12.5. The lowest BCUT2D eigenvalue weighted by Gasteiger charge is -2.33. The Balaban J connectivity index is 1.35. The number of anilines is 2. The van der Waals surface area contributed by atoms with Crippen LogP contribution in [-0.4, -0.2) is 42.2 Å². The Labute approximate surface area is 191 Å². The highest BCUT2D eigenvalue weighted by Gasteiger charge is 2.24. The fourth-order valence-electron chi connectivity index (χ4n) is 3.53. The van der Waals surface area contributed by atoms with E-state index in [9.17, 15) is 4.79 Å². The highest BCUT2D eigenvalue weighted by molar-refractivity contribution is 6.34. The SMILES string of the molecule is COc1cccc(Oc2ccnc(N3CCC(NC(=O)Nc4cccnc4)CC3)c2Cl)c1. The molecule has 166 valence electrons. The van der Waals surface area contributed by atoms with Gasteiger partial charge in [0.2, 0.25) is 0 Å². The van der Waals surface area contributed by atoms with Crippen LogP contribution in [0.5, 0.6) is 17.2 Å². The van der Waals surface area contributed by atoms with Crippen LogP contribution in [0.1, 0.15) is 12.8 Å². The summed E-state index contributed by atoms with van der Waals surface area (Å²) in [4.78, 5) is 22.8. The first-order chi connectivity index (χ1) is 15.6. The van der Waals surface area contributed by atoms with Gasteiger partial charge in [-0.1, -0.05) is 17.7 Å². The number of piperidine rings is 1. The van der Waals surface area contributed by atoms with Gasteiger partial charge in [-0.3, -0.25) is 4.98 Å². The summed E-state index contributed by atoms with van der Waals surface area (Å²) in [5.74, 6) is 2.53. The molecule has 0 spiro atoms. The van der Waals surface area contributed by atoms with Crippen molar-refractivity contribution in [1.82, 2.24) is 15.3 Å². The van der Waals surface area contributed by atoms with E-state index in [2.05, 4.69) is 25.5 Å². The maximum Gasteiger partial charge on any atom is 0.319 e. The van der Waals surface area contributed by atoms with Crippen molar-refractivity contribution < 1.29 is 14.3 Å².